The number of benzene rings is 2. The Morgan fingerprint density at radius 3 is 2.44 bits per heavy atom. The highest BCUT2D eigenvalue weighted by Gasteiger charge is 2.18. The lowest BCUT2D eigenvalue weighted by Gasteiger charge is -2.07. The molecule has 2 heterocycles. The van der Waals surface area contributed by atoms with Gasteiger partial charge >= 0.3 is 5.97 Å². The van der Waals surface area contributed by atoms with Crippen LogP contribution in [-0.4, -0.2) is 41.6 Å². The number of nitrogens with zero attached hydrogens (tertiary/aromatic N) is 6. The predicted molar refractivity (Wildman–Crippen MR) is 93.6 cm³/mol. The molecule has 0 amide bonds. The Balaban J connectivity index is 1.53. The van der Waals surface area contributed by atoms with Crippen LogP contribution >= 0.6 is 0 Å². The van der Waals surface area contributed by atoms with Crippen LogP contribution in [0.3, 0.4) is 0 Å². The Morgan fingerprint density at radius 2 is 1.70 bits per heavy atom. The second kappa shape index (κ2) is 7.04. The third-order valence-electron chi connectivity index (χ3n) is 3.87. The van der Waals surface area contributed by atoms with Crippen molar-refractivity contribution in [3.8, 4) is 22.5 Å². The van der Waals surface area contributed by atoms with Crippen molar-refractivity contribution in [2.75, 3.05) is 5.32 Å². The molecule has 0 aliphatic rings. The van der Waals surface area contributed by atoms with E-state index in [1.165, 1.54) is 4.68 Å². The summed E-state index contributed by atoms with van der Waals surface area (Å²) < 4.78 is 5.93. The van der Waals surface area contributed by atoms with Gasteiger partial charge in [-0.2, -0.15) is 0 Å². The molecule has 0 bridgehead atoms. The highest BCUT2D eigenvalue weighted by molar-refractivity contribution is 5.90. The lowest BCUT2D eigenvalue weighted by atomic mass is 10.0. The van der Waals surface area contributed by atoms with Crippen molar-refractivity contribution in [2.24, 2.45) is 0 Å². The van der Waals surface area contributed by atoms with E-state index < -0.39 is 5.97 Å². The molecule has 0 unspecified atom stereocenters. The number of rotatable bonds is 6. The molecule has 0 aliphatic carbocycles. The molecule has 27 heavy (non-hydrogen) atoms. The molecule has 10 nitrogen and oxygen atoms in total. The largest absolute Gasteiger partial charge is 0.476 e. The Morgan fingerprint density at radius 1 is 1.00 bits per heavy atom. The predicted octanol–water partition coefficient (Wildman–Crippen LogP) is 2.16. The van der Waals surface area contributed by atoms with Gasteiger partial charge in [0.2, 0.25) is 11.5 Å². The molecular weight excluding hydrogens is 350 g/mol. The summed E-state index contributed by atoms with van der Waals surface area (Å²) >= 11 is 0. The van der Waals surface area contributed by atoms with Gasteiger partial charge in [-0.05, 0) is 31.9 Å². The fraction of sp³-hybridized carbons (Fsp3) is 0.0588. The van der Waals surface area contributed by atoms with Crippen molar-refractivity contribution >= 4 is 11.8 Å². The number of nitrogens with one attached hydrogen (secondary N) is 1. The Bertz CT molecular complexity index is 1060. The number of hydrogen-bond acceptors (Lipinski definition) is 8. The molecule has 0 atom stereocenters. The number of carboxylic acids is 1. The molecule has 0 saturated carbocycles. The summed E-state index contributed by atoms with van der Waals surface area (Å²) in [6, 6.07) is 17.8. The first-order valence-corrected chi connectivity index (χ1v) is 7.94. The van der Waals surface area contributed by atoms with E-state index in [0.29, 0.717) is 5.82 Å². The highest BCUT2D eigenvalue weighted by Crippen LogP contribution is 2.23. The molecule has 134 valence electrons. The maximum Gasteiger partial charge on any atom is 0.362 e. The second-order valence-corrected chi connectivity index (χ2v) is 5.55. The first-order valence-electron chi connectivity index (χ1n) is 7.94. The number of carboxylic acid groups (broad SMARTS) is 1. The van der Waals surface area contributed by atoms with Crippen LogP contribution in [0.25, 0.3) is 22.5 Å². The van der Waals surface area contributed by atoms with Crippen molar-refractivity contribution in [1.29, 1.82) is 0 Å². The Kier molecular flexibility index (Phi) is 4.27. The van der Waals surface area contributed by atoms with E-state index >= 15 is 0 Å². The van der Waals surface area contributed by atoms with Gasteiger partial charge in [-0.25, -0.2) is 14.1 Å². The number of aromatic carboxylic acids is 1. The maximum absolute atomic E-state index is 11.0. The monoisotopic (exact) mass is 363 g/mol. The summed E-state index contributed by atoms with van der Waals surface area (Å²) in [5.74, 6) is -0.717. The van der Waals surface area contributed by atoms with Gasteiger partial charge in [-0.15, -0.1) is 5.10 Å². The number of tetrazole rings is 1. The van der Waals surface area contributed by atoms with Crippen LogP contribution in [0.2, 0.25) is 0 Å². The summed E-state index contributed by atoms with van der Waals surface area (Å²) in [7, 11) is 0. The van der Waals surface area contributed by atoms with E-state index in [0.717, 1.165) is 16.7 Å². The van der Waals surface area contributed by atoms with E-state index in [4.69, 9.17) is 5.11 Å². The van der Waals surface area contributed by atoms with E-state index in [1.807, 2.05) is 54.6 Å². The van der Waals surface area contributed by atoms with Gasteiger partial charge in [0.05, 0.1) is 0 Å². The van der Waals surface area contributed by atoms with Crippen LogP contribution in [0.15, 0.2) is 59.2 Å². The summed E-state index contributed by atoms with van der Waals surface area (Å²) in [6.07, 6.45) is 0. The zero-order valence-electron chi connectivity index (χ0n) is 13.9. The van der Waals surface area contributed by atoms with Crippen LogP contribution < -0.4 is 5.32 Å². The Labute approximate surface area is 152 Å². The van der Waals surface area contributed by atoms with E-state index in [2.05, 4.69) is 35.8 Å². The van der Waals surface area contributed by atoms with Crippen LogP contribution in [-0.2, 0) is 6.67 Å². The number of carbonyl (C=O) groups is 1. The van der Waals surface area contributed by atoms with Crippen molar-refractivity contribution in [2.45, 2.75) is 6.67 Å². The topological polar surface area (TPSA) is 132 Å². The molecule has 2 aromatic heterocycles. The molecular formula is C17H13N7O3. The third kappa shape index (κ3) is 3.35. The molecule has 4 aromatic rings. The third-order valence-corrected chi connectivity index (χ3v) is 3.87. The number of hydrogen-bond donors (Lipinski definition) is 2. The smallest absolute Gasteiger partial charge is 0.362 e. The zero-order valence-corrected chi connectivity index (χ0v) is 13.9. The molecule has 0 fully saturated rings. The minimum Gasteiger partial charge on any atom is -0.476 e. The lowest BCUT2D eigenvalue weighted by molar-refractivity contribution is 0.0685. The van der Waals surface area contributed by atoms with Gasteiger partial charge in [0, 0.05) is 5.56 Å². The fourth-order valence-corrected chi connectivity index (χ4v) is 2.55. The Hall–Kier alpha value is -4.08. The van der Waals surface area contributed by atoms with Crippen LogP contribution in [0, 0.1) is 0 Å². The van der Waals surface area contributed by atoms with E-state index in [1.54, 1.807) is 0 Å². The second-order valence-electron chi connectivity index (χ2n) is 5.55. The molecule has 2 N–H and O–H groups in total. The highest BCUT2D eigenvalue weighted by atomic mass is 16.6. The standard InChI is InChI=1S/C17H13N7O3/c25-17(26)14-15(21-27-20-14)18-10-24-16(19-22-23-24)13-8-6-12(7-9-13)11-4-2-1-3-5-11/h1-9H,10H2,(H,18,21)(H,25,26). The lowest BCUT2D eigenvalue weighted by Crippen LogP contribution is -2.13. The summed E-state index contributed by atoms with van der Waals surface area (Å²) in [5.41, 5.74) is 2.70. The molecule has 0 spiro atoms. The average molecular weight is 363 g/mol. The quantitative estimate of drug-likeness (QED) is 0.529. The molecule has 0 saturated heterocycles. The van der Waals surface area contributed by atoms with Crippen LogP contribution in [0.4, 0.5) is 5.82 Å². The minimum atomic E-state index is -1.24. The van der Waals surface area contributed by atoms with Crippen molar-refractivity contribution < 1.29 is 14.5 Å². The van der Waals surface area contributed by atoms with Gasteiger partial charge in [0.25, 0.3) is 0 Å². The minimum absolute atomic E-state index is 0.00313. The van der Waals surface area contributed by atoms with Crippen LogP contribution in [0.5, 0.6) is 0 Å². The van der Waals surface area contributed by atoms with Gasteiger partial charge < -0.3 is 10.4 Å². The van der Waals surface area contributed by atoms with E-state index in [-0.39, 0.29) is 18.2 Å². The SMILES string of the molecule is O=C(O)c1nonc1NCn1nnnc1-c1ccc(-c2ccccc2)cc1. The average Bonchev–Trinajstić information content (AvgIpc) is 3.36. The number of aromatic nitrogens is 6. The first-order chi connectivity index (χ1) is 13.2. The summed E-state index contributed by atoms with van der Waals surface area (Å²) in [4.78, 5) is 11.0. The van der Waals surface area contributed by atoms with Crippen molar-refractivity contribution in [1.82, 2.24) is 30.5 Å². The van der Waals surface area contributed by atoms with Crippen molar-refractivity contribution in [3.05, 3.63) is 60.3 Å². The van der Waals surface area contributed by atoms with Gasteiger partial charge in [0.15, 0.2) is 5.82 Å². The normalized spacial score (nSPS) is 10.7. The first kappa shape index (κ1) is 16.4. The molecule has 0 aliphatic heterocycles. The van der Waals surface area contributed by atoms with Crippen molar-refractivity contribution in [3.63, 3.8) is 0 Å². The fourth-order valence-electron chi connectivity index (χ4n) is 2.55. The van der Waals surface area contributed by atoms with Gasteiger partial charge in [-0.1, -0.05) is 54.6 Å². The molecule has 10 heteroatoms. The van der Waals surface area contributed by atoms with Gasteiger partial charge in [-0.3, -0.25) is 0 Å². The number of anilines is 1. The maximum atomic E-state index is 11.0. The summed E-state index contributed by atoms with van der Waals surface area (Å²) in [5, 5.41) is 30.3. The molecule has 4 rings (SSSR count). The molecule has 0 radical (unpaired) electrons. The zero-order chi connectivity index (χ0) is 18.6. The molecule has 2 aromatic carbocycles. The summed E-state index contributed by atoms with van der Waals surface area (Å²) in [6.45, 7) is 0.0945. The van der Waals surface area contributed by atoms with E-state index in [9.17, 15) is 4.79 Å². The van der Waals surface area contributed by atoms with Gasteiger partial charge in [0.1, 0.15) is 6.67 Å². The van der Waals surface area contributed by atoms with Crippen LogP contribution in [0.1, 0.15) is 10.5 Å².